The van der Waals surface area contributed by atoms with E-state index in [9.17, 15) is 4.79 Å². The molecule has 0 amide bonds. The van der Waals surface area contributed by atoms with Gasteiger partial charge in [0.2, 0.25) is 0 Å². The van der Waals surface area contributed by atoms with Crippen LogP contribution in [0.1, 0.15) is 25.7 Å². The Morgan fingerprint density at radius 2 is 2.18 bits per heavy atom. The van der Waals surface area contributed by atoms with Crippen molar-refractivity contribution in [1.82, 2.24) is 10.2 Å². The largest absolute Gasteiger partial charge is 0.380 e. The minimum atomic E-state index is -0.338. The smallest absolute Gasteiger partial charge is 0.285 e. The van der Waals surface area contributed by atoms with E-state index in [2.05, 4.69) is 21.8 Å². The molecule has 6 heteroatoms. The van der Waals surface area contributed by atoms with E-state index in [1.807, 2.05) is 11.8 Å². The number of anilines is 1. The number of rotatable bonds is 3. The first-order valence-electron chi connectivity index (χ1n) is 5.73. The molecule has 1 fully saturated rings. The molecule has 94 valence electrons. The molecule has 1 aliphatic rings. The monoisotopic (exact) mass is 273 g/mol. The minimum absolute atomic E-state index is 0.201. The average molecular weight is 274 g/mol. The lowest BCUT2D eigenvalue weighted by Crippen LogP contribution is -2.28. The molecule has 4 nitrogen and oxygen atoms in total. The number of nitrogens with one attached hydrogen (secondary N) is 2. The molecule has 1 saturated carbocycles. The van der Waals surface area contributed by atoms with Crippen LogP contribution in [0.5, 0.6) is 0 Å². The fourth-order valence-electron chi connectivity index (χ4n) is 2.15. The van der Waals surface area contributed by atoms with Crippen LogP contribution in [0.25, 0.3) is 0 Å². The molecule has 1 aromatic heterocycles. The van der Waals surface area contributed by atoms with Gasteiger partial charge in [0, 0.05) is 11.3 Å². The summed E-state index contributed by atoms with van der Waals surface area (Å²) in [7, 11) is 0. The molecule has 0 unspecified atom stereocenters. The summed E-state index contributed by atoms with van der Waals surface area (Å²) in [6, 6.07) is 0.402. The second kappa shape index (κ2) is 5.78. The molecular formula is C11H16ClN3OS. The molecule has 1 aromatic rings. The van der Waals surface area contributed by atoms with Crippen molar-refractivity contribution in [2.45, 2.75) is 37.0 Å². The molecule has 0 bridgehead atoms. The second-order valence-corrected chi connectivity index (χ2v) is 5.80. The van der Waals surface area contributed by atoms with Crippen LogP contribution >= 0.6 is 23.4 Å². The first-order valence-corrected chi connectivity index (χ1v) is 7.40. The molecule has 0 spiro atoms. The predicted octanol–water partition coefficient (Wildman–Crippen LogP) is 2.51. The van der Waals surface area contributed by atoms with Gasteiger partial charge in [0.25, 0.3) is 5.56 Å². The lowest BCUT2D eigenvalue weighted by atomic mass is 9.95. The summed E-state index contributed by atoms with van der Waals surface area (Å²) < 4.78 is 0. The predicted molar refractivity (Wildman–Crippen MR) is 73.0 cm³/mol. The van der Waals surface area contributed by atoms with Gasteiger partial charge in [-0.05, 0) is 31.9 Å². The zero-order chi connectivity index (χ0) is 12.3. The highest BCUT2D eigenvalue weighted by molar-refractivity contribution is 7.99. The number of thioether (sulfide) groups is 1. The Bertz CT molecular complexity index is 429. The third-order valence-electron chi connectivity index (χ3n) is 3.16. The molecule has 0 saturated heterocycles. The summed E-state index contributed by atoms with van der Waals surface area (Å²) in [4.78, 5) is 11.3. The summed E-state index contributed by atoms with van der Waals surface area (Å²) in [6.07, 6.45) is 8.41. The van der Waals surface area contributed by atoms with Crippen molar-refractivity contribution < 1.29 is 0 Å². The van der Waals surface area contributed by atoms with Crippen molar-refractivity contribution >= 4 is 29.1 Å². The van der Waals surface area contributed by atoms with Crippen molar-refractivity contribution in [3.63, 3.8) is 0 Å². The van der Waals surface area contributed by atoms with E-state index in [0.717, 1.165) is 18.1 Å². The number of H-pyrrole nitrogens is 1. The zero-order valence-electron chi connectivity index (χ0n) is 9.70. The summed E-state index contributed by atoms with van der Waals surface area (Å²) in [6.45, 7) is 0. The number of hydrogen-bond acceptors (Lipinski definition) is 4. The van der Waals surface area contributed by atoms with Crippen molar-refractivity contribution in [2.75, 3.05) is 11.6 Å². The number of aromatic amines is 1. The number of aromatic nitrogens is 2. The van der Waals surface area contributed by atoms with Gasteiger partial charge in [0.1, 0.15) is 5.02 Å². The maximum Gasteiger partial charge on any atom is 0.285 e. The number of nitrogens with zero attached hydrogens (tertiary/aromatic N) is 1. The minimum Gasteiger partial charge on any atom is -0.380 e. The van der Waals surface area contributed by atoms with E-state index in [-0.39, 0.29) is 10.6 Å². The average Bonchev–Trinajstić information content (AvgIpc) is 2.36. The third kappa shape index (κ3) is 3.16. The molecule has 0 aromatic carbocycles. The van der Waals surface area contributed by atoms with E-state index < -0.39 is 0 Å². The summed E-state index contributed by atoms with van der Waals surface area (Å²) >= 11 is 7.86. The van der Waals surface area contributed by atoms with Gasteiger partial charge >= 0.3 is 0 Å². The van der Waals surface area contributed by atoms with E-state index in [0.29, 0.717) is 11.7 Å². The Labute approximate surface area is 110 Å². The van der Waals surface area contributed by atoms with E-state index in [4.69, 9.17) is 11.6 Å². The zero-order valence-corrected chi connectivity index (χ0v) is 11.3. The van der Waals surface area contributed by atoms with Crippen LogP contribution in [0.3, 0.4) is 0 Å². The molecule has 0 atom stereocenters. The Morgan fingerprint density at radius 1 is 1.47 bits per heavy atom. The highest BCUT2D eigenvalue weighted by atomic mass is 35.5. The van der Waals surface area contributed by atoms with Crippen LogP contribution in [0.2, 0.25) is 5.02 Å². The van der Waals surface area contributed by atoms with Crippen LogP contribution < -0.4 is 10.9 Å². The fourth-order valence-corrected chi connectivity index (χ4v) is 3.04. The van der Waals surface area contributed by atoms with Gasteiger partial charge in [-0.15, -0.1) is 0 Å². The number of halogens is 1. The van der Waals surface area contributed by atoms with Crippen LogP contribution in [-0.2, 0) is 0 Å². The van der Waals surface area contributed by atoms with Crippen LogP contribution in [-0.4, -0.2) is 27.7 Å². The van der Waals surface area contributed by atoms with E-state index in [1.165, 1.54) is 12.8 Å². The third-order valence-corrected chi connectivity index (χ3v) is 4.68. The van der Waals surface area contributed by atoms with E-state index in [1.54, 1.807) is 6.20 Å². The topological polar surface area (TPSA) is 57.8 Å². The van der Waals surface area contributed by atoms with Crippen molar-refractivity contribution in [1.29, 1.82) is 0 Å². The van der Waals surface area contributed by atoms with Gasteiger partial charge < -0.3 is 5.32 Å². The second-order valence-electron chi connectivity index (χ2n) is 4.28. The Kier molecular flexibility index (Phi) is 4.34. The highest BCUT2D eigenvalue weighted by Gasteiger charge is 2.21. The van der Waals surface area contributed by atoms with Gasteiger partial charge in [-0.3, -0.25) is 4.79 Å². The Balaban J connectivity index is 1.98. The SMILES string of the molecule is CSC1CCC(Nc2cn[nH]c(=O)c2Cl)CC1. The summed E-state index contributed by atoms with van der Waals surface area (Å²) in [5.41, 5.74) is 0.303. The molecule has 17 heavy (non-hydrogen) atoms. The standard InChI is InChI=1S/C11H16ClN3OS/c1-17-8-4-2-7(3-5-8)14-9-6-13-15-11(16)10(9)12/h6-8H,2-5H2,1H3,(H2,14,15,16). The van der Waals surface area contributed by atoms with Crippen LogP contribution in [0.15, 0.2) is 11.0 Å². The lowest BCUT2D eigenvalue weighted by Gasteiger charge is -2.28. The van der Waals surface area contributed by atoms with Gasteiger partial charge in [0.05, 0.1) is 11.9 Å². The van der Waals surface area contributed by atoms with Gasteiger partial charge in [0.15, 0.2) is 0 Å². The molecule has 1 heterocycles. The first kappa shape index (κ1) is 12.8. The van der Waals surface area contributed by atoms with Crippen molar-refractivity contribution in [2.24, 2.45) is 0 Å². The first-order chi connectivity index (χ1) is 8.20. The van der Waals surface area contributed by atoms with Gasteiger partial charge in [-0.2, -0.15) is 16.9 Å². The van der Waals surface area contributed by atoms with Crippen molar-refractivity contribution in [3.8, 4) is 0 Å². The lowest BCUT2D eigenvalue weighted by molar-refractivity contribution is 0.473. The molecule has 2 N–H and O–H groups in total. The normalized spacial score (nSPS) is 24.6. The van der Waals surface area contributed by atoms with Crippen LogP contribution in [0.4, 0.5) is 5.69 Å². The van der Waals surface area contributed by atoms with Crippen molar-refractivity contribution in [3.05, 3.63) is 21.6 Å². The Hall–Kier alpha value is -0.680. The molecule has 0 radical (unpaired) electrons. The molecular weight excluding hydrogens is 258 g/mol. The van der Waals surface area contributed by atoms with E-state index >= 15 is 0 Å². The van der Waals surface area contributed by atoms with Gasteiger partial charge in [-0.1, -0.05) is 11.6 Å². The maximum atomic E-state index is 11.3. The van der Waals surface area contributed by atoms with Crippen LogP contribution in [0, 0.1) is 0 Å². The maximum absolute atomic E-state index is 11.3. The summed E-state index contributed by atoms with van der Waals surface area (Å²) in [5, 5.41) is 10.4. The quantitative estimate of drug-likeness (QED) is 0.888. The van der Waals surface area contributed by atoms with Gasteiger partial charge in [-0.25, -0.2) is 5.10 Å². The summed E-state index contributed by atoms with van der Waals surface area (Å²) in [5.74, 6) is 0. The molecule has 2 rings (SSSR count). The Morgan fingerprint density at radius 3 is 2.82 bits per heavy atom. The highest BCUT2D eigenvalue weighted by Crippen LogP contribution is 2.29. The molecule has 0 aliphatic heterocycles. The molecule has 1 aliphatic carbocycles. The number of hydrogen-bond donors (Lipinski definition) is 2. The fraction of sp³-hybridized carbons (Fsp3) is 0.636.